The number of hydrogen-bond acceptors (Lipinski definition) is 3. The third kappa shape index (κ3) is 5.46. The topological polar surface area (TPSA) is 90.7 Å². The van der Waals surface area contributed by atoms with Crippen LogP contribution in [-0.4, -0.2) is 16.9 Å². The number of hydrogen-bond donors (Lipinski definition) is 2. The smallest absolute Gasteiger partial charge is 0.173 e. The van der Waals surface area contributed by atoms with Gasteiger partial charge < -0.3 is 5.73 Å². The van der Waals surface area contributed by atoms with Crippen molar-refractivity contribution in [3.63, 3.8) is 0 Å². The highest BCUT2D eigenvalue weighted by Crippen LogP contribution is 2.05. The first-order valence-corrected chi connectivity index (χ1v) is 7.29. The summed E-state index contributed by atoms with van der Waals surface area (Å²) in [5.74, 6) is -0.329. The molecule has 0 fully saturated rings. The van der Waals surface area contributed by atoms with Gasteiger partial charge in [-0.15, -0.1) is 0 Å². The summed E-state index contributed by atoms with van der Waals surface area (Å²) in [6, 6.07) is 14.1. The molecule has 0 unspecified atom stereocenters. The molecule has 0 aromatic heterocycles. The molecule has 0 amide bonds. The molecule has 2 aromatic rings. The van der Waals surface area contributed by atoms with Gasteiger partial charge in [-0.05, 0) is 36.4 Å². The maximum Gasteiger partial charge on any atom is 0.173 e. The van der Waals surface area contributed by atoms with Crippen molar-refractivity contribution in [3.8, 4) is 6.07 Å². The van der Waals surface area contributed by atoms with E-state index in [1.807, 2.05) is 6.07 Å². The number of nitrogen functional groups attached to an aromatic ring is 1. The second-order valence-corrected chi connectivity index (χ2v) is 4.73. The highest BCUT2D eigenvalue weighted by atomic mass is 79.9. The standard InChI is InChI=1S/C9H6BrNO.C7H7FN2/c10-5-9(12)8-3-1-7(6-11)2-4-8;8-6-3-1-5(2-4-6)7(9)10/h1-4H,5H2;1-4H,(H3,9,10). The quantitative estimate of drug-likeness (QED) is 0.380. The van der Waals surface area contributed by atoms with Gasteiger partial charge in [-0.3, -0.25) is 10.2 Å². The lowest BCUT2D eigenvalue weighted by molar-refractivity contribution is 0.102. The molecule has 0 saturated carbocycles. The molecule has 0 aliphatic rings. The number of nitrogens with two attached hydrogens (primary N) is 1. The predicted octanol–water partition coefficient (Wildman–Crippen LogP) is 3.25. The number of nitrogens with one attached hydrogen (secondary N) is 1. The van der Waals surface area contributed by atoms with Crippen LogP contribution in [0.5, 0.6) is 0 Å². The minimum absolute atomic E-state index is 0.0273. The molecule has 0 spiro atoms. The summed E-state index contributed by atoms with van der Waals surface area (Å²) < 4.78 is 12.2. The monoisotopic (exact) mass is 361 g/mol. The average molecular weight is 362 g/mol. The van der Waals surface area contributed by atoms with Crippen LogP contribution in [-0.2, 0) is 0 Å². The fourth-order valence-corrected chi connectivity index (χ4v) is 1.76. The Morgan fingerprint density at radius 1 is 1.14 bits per heavy atom. The molecule has 2 aromatic carbocycles. The first-order chi connectivity index (χ1) is 10.5. The van der Waals surface area contributed by atoms with E-state index in [1.165, 1.54) is 24.3 Å². The van der Waals surface area contributed by atoms with Gasteiger partial charge in [0.1, 0.15) is 11.7 Å². The van der Waals surface area contributed by atoms with Crippen molar-refractivity contribution >= 4 is 27.5 Å². The van der Waals surface area contributed by atoms with Gasteiger partial charge in [-0.25, -0.2) is 4.39 Å². The van der Waals surface area contributed by atoms with Crippen molar-refractivity contribution in [1.29, 1.82) is 10.7 Å². The van der Waals surface area contributed by atoms with E-state index < -0.39 is 0 Å². The Labute approximate surface area is 136 Å². The van der Waals surface area contributed by atoms with Gasteiger partial charge in [-0.1, -0.05) is 28.1 Å². The van der Waals surface area contributed by atoms with E-state index in [0.29, 0.717) is 22.0 Å². The van der Waals surface area contributed by atoms with Crippen LogP contribution < -0.4 is 5.73 Å². The highest BCUT2D eigenvalue weighted by Gasteiger charge is 2.02. The SMILES string of the molecule is N#Cc1ccc(C(=O)CBr)cc1.N=C(N)c1ccc(F)cc1. The van der Waals surface area contributed by atoms with Crippen molar-refractivity contribution in [3.05, 3.63) is 71.0 Å². The summed E-state index contributed by atoms with van der Waals surface area (Å²) in [4.78, 5) is 11.1. The van der Waals surface area contributed by atoms with Crippen LogP contribution in [0.25, 0.3) is 0 Å². The predicted molar refractivity (Wildman–Crippen MR) is 86.7 cm³/mol. The molecule has 22 heavy (non-hydrogen) atoms. The van der Waals surface area contributed by atoms with Crippen molar-refractivity contribution in [2.75, 3.05) is 5.33 Å². The summed E-state index contributed by atoms with van der Waals surface area (Å²) >= 11 is 3.07. The first-order valence-electron chi connectivity index (χ1n) is 6.17. The largest absolute Gasteiger partial charge is 0.384 e. The highest BCUT2D eigenvalue weighted by molar-refractivity contribution is 9.09. The molecule has 0 saturated heterocycles. The van der Waals surface area contributed by atoms with E-state index in [9.17, 15) is 9.18 Å². The van der Waals surface area contributed by atoms with Crippen molar-refractivity contribution < 1.29 is 9.18 Å². The van der Waals surface area contributed by atoms with Gasteiger partial charge >= 0.3 is 0 Å². The number of nitrogens with zero attached hydrogens (tertiary/aromatic N) is 1. The molecular formula is C16H13BrFN3O. The Kier molecular flexibility index (Phi) is 6.93. The lowest BCUT2D eigenvalue weighted by atomic mass is 10.1. The maximum atomic E-state index is 12.2. The first kappa shape index (κ1) is 17.5. The van der Waals surface area contributed by atoms with Crippen LogP contribution in [0.2, 0.25) is 0 Å². The summed E-state index contributed by atoms with van der Waals surface area (Å²) in [6.07, 6.45) is 0. The van der Waals surface area contributed by atoms with Gasteiger partial charge in [0.2, 0.25) is 0 Å². The van der Waals surface area contributed by atoms with Gasteiger partial charge in [0.05, 0.1) is 17.0 Å². The summed E-state index contributed by atoms with van der Waals surface area (Å²) in [7, 11) is 0. The second-order valence-electron chi connectivity index (χ2n) is 4.17. The number of alkyl halides is 1. The summed E-state index contributed by atoms with van der Waals surface area (Å²) in [5, 5.41) is 15.8. The van der Waals surface area contributed by atoms with E-state index in [-0.39, 0.29) is 17.4 Å². The molecule has 0 aliphatic carbocycles. The number of Topliss-reactive ketones (excluding diaryl/α,β-unsaturated/α-hetero) is 1. The minimum atomic E-state index is -0.315. The molecule has 112 valence electrons. The molecule has 0 aliphatic heterocycles. The van der Waals surface area contributed by atoms with Crippen LogP contribution >= 0.6 is 15.9 Å². The fourth-order valence-electron chi connectivity index (χ4n) is 1.44. The Hall–Kier alpha value is -2.52. The second kappa shape index (κ2) is 8.70. The minimum Gasteiger partial charge on any atom is -0.384 e. The average Bonchev–Trinajstić information content (AvgIpc) is 2.55. The number of ketones is 1. The molecule has 2 rings (SSSR count). The van der Waals surface area contributed by atoms with Crippen LogP contribution in [0.4, 0.5) is 4.39 Å². The lowest BCUT2D eigenvalue weighted by Gasteiger charge is -1.95. The van der Waals surface area contributed by atoms with Crippen molar-refractivity contribution in [2.24, 2.45) is 5.73 Å². The Bertz CT molecular complexity index is 691. The van der Waals surface area contributed by atoms with Crippen molar-refractivity contribution in [1.82, 2.24) is 0 Å². The zero-order chi connectivity index (χ0) is 16.5. The Morgan fingerprint density at radius 3 is 2.05 bits per heavy atom. The Balaban J connectivity index is 0.000000224. The molecule has 6 heteroatoms. The Morgan fingerprint density at radius 2 is 1.64 bits per heavy atom. The number of rotatable bonds is 3. The molecule has 0 radical (unpaired) electrons. The van der Waals surface area contributed by atoms with Gasteiger partial charge in [-0.2, -0.15) is 5.26 Å². The van der Waals surface area contributed by atoms with Crippen LogP contribution in [0.15, 0.2) is 48.5 Å². The molecule has 0 bridgehead atoms. The fraction of sp³-hybridized carbons (Fsp3) is 0.0625. The number of benzene rings is 2. The molecule has 4 nitrogen and oxygen atoms in total. The third-order valence-electron chi connectivity index (χ3n) is 2.61. The zero-order valence-corrected chi connectivity index (χ0v) is 13.1. The van der Waals surface area contributed by atoms with E-state index >= 15 is 0 Å². The molecule has 0 atom stereocenters. The number of halogens is 2. The number of amidine groups is 1. The maximum absolute atomic E-state index is 12.2. The lowest BCUT2D eigenvalue weighted by Crippen LogP contribution is -2.10. The van der Waals surface area contributed by atoms with Gasteiger partial charge in [0, 0.05) is 11.1 Å². The van der Waals surface area contributed by atoms with Crippen LogP contribution in [0, 0.1) is 22.6 Å². The molecule has 3 N–H and O–H groups in total. The zero-order valence-electron chi connectivity index (χ0n) is 11.5. The van der Waals surface area contributed by atoms with Gasteiger partial charge in [0.25, 0.3) is 0 Å². The summed E-state index contributed by atoms with van der Waals surface area (Å²) in [6.45, 7) is 0. The number of carbonyl (C=O) groups is 1. The number of nitriles is 1. The summed E-state index contributed by atoms with van der Waals surface area (Å²) in [5.41, 5.74) is 6.87. The third-order valence-corrected chi connectivity index (χ3v) is 3.12. The van der Waals surface area contributed by atoms with Gasteiger partial charge in [0.15, 0.2) is 5.78 Å². The van der Waals surface area contributed by atoms with Crippen molar-refractivity contribution in [2.45, 2.75) is 0 Å². The number of carbonyl (C=O) groups excluding carboxylic acids is 1. The van der Waals surface area contributed by atoms with Crippen LogP contribution in [0.3, 0.4) is 0 Å². The van der Waals surface area contributed by atoms with E-state index in [2.05, 4.69) is 15.9 Å². The molecular weight excluding hydrogens is 349 g/mol. The van der Waals surface area contributed by atoms with E-state index in [1.54, 1.807) is 24.3 Å². The normalized spacial score (nSPS) is 9.14. The van der Waals surface area contributed by atoms with Crippen LogP contribution in [0.1, 0.15) is 21.5 Å². The van der Waals surface area contributed by atoms with E-state index in [4.69, 9.17) is 16.4 Å². The molecule has 0 heterocycles. The van der Waals surface area contributed by atoms with E-state index in [0.717, 1.165) is 0 Å².